The van der Waals surface area contributed by atoms with Gasteiger partial charge in [-0.1, -0.05) is 29.5 Å². The summed E-state index contributed by atoms with van der Waals surface area (Å²) in [6.45, 7) is 1.27. The lowest BCUT2D eigenvalue weighted by Gasteiger charge is -2.06. The first-order chi connectivity index (χ1) is 18.9. The molecule has 10 heteroatoms. The average molecular weight is 541 g/mol. The molecular formula is C29H31F3N4O3. The second kappa shape index (κ2) is 13.7. The molecule has 4 rings (SSSR count). The second-order valence-electron chi connectivity index (χ2n) is 9.17. The Morgan fingerprint density at radius 3 is 2.41 bits per heavy atom. The molecule has 2 heterocycles. The van der Waals surface area contributed by atoms with E-state index in [9.17, 15) is 13.2 Å². The lowest BCUT2D eigenvalue weighted by atomic mass is 10.1. The van der Waals surface area contributed by atoms with Crippen LogP contribution in [0.4, 0.5) is 13.2 Å². The lowest BCUT2D eigenvalue weighted by molar-refractivity contribution is -0.137. The van der Waals surface area contributed by atoms with Crippen LogP contribution in [0.2, 0.25) is 0 Å². The van der Waals surface area contributed by atoms with E-state index in [0.717, 1.165) is 68.6 Å². The molecule has 0 spiro atoms. The van der Waals surface area contributed by atoms with Crippen molar-refractivity contribution in [3.05, 3.63) is 95.0 Å². The summed E-state index contributed by atoms with van der Waals surface area (Å²) < 4.78 is 51.1. The van der Waals surface area contributed by atoms with Crippen molar-refractivity contribution in [3.8, 4) is 5.75 Å². The number of oxazole rings is 1. The molecule has 2 aromatic heterocycles. The number of aliphatic hydroxyl groups is 1. The molecule has 4 aromatic rings. The van der Waals surface area contributed by atoms with E-state index in [1.54, 1.807) is 12.2 Å². The van der Waals surface area contributed by atoms with Gasteiger partial charge in [0.05, 0.1) is 11.3 Å². The molecule has 39 heavy (non-hydrogen) atoms. The maximum absolute atomic E-state index is 12.7. The van der Waals surface area contributed by atoms with Crippen molar-refractivity contribution < 1.29 is 27.4 Å². The van der Waals surface area contributed by atoms with Crippen molar-refractivity contribution in [1.82, 2.24) is 20.0 Å². The molecule has 1 N–H and O–H groups in total. The minimum atomic E-state index is -4.36. The number of alkyl halides is 3. The highest BCUT2D eigenvalue weighted by Crippen LogP contribution is 2.29. The third-order valence-corrected chi connectivity index (χ3v) is 6.07. The molecule has 2 aromatic carbocycles. The van der Waals surface area contributed by atoms with Crippen molar-refractivity contribution >= 4 is 12.2 Å². The zero-order valence-corrected chi connectivity index (χ0v) is 21.5. The molecule has 0 aliphatic heterocycles. The zero-order chi connectivity index (χ0) is 27.5. The number of unbranched alkanes of at least 4 members (excludes halogenated alkanes) is 2. The summed E-state index contributed by atoms with van der Waals surface area (Å²) in [7, 11) is 0. The Hall–Kier alpha value is -3.92. The fourth-order valence-corrected chi connectivity index (χ4v) is 3.91. The van der Waals surface area contributed by atoms with Crippen LogP contribution >= 0.6 is 0 Å². The van der Waals surface area contributed by atoms with Gasteiger partial charge in [0.1, 0.15) is 24.3 Å². The summed E-state index contributed by atoms with van der Waals surface area (Å²) in [5, 5.41) is 17.2. The average Bonchev–Trinajstić information content (AvgIpc) is 3.59. The molecular weight excluding hydrogens is 509 g/mol. The van der Waals surface area contributed by atoms with Crippen LogP contribution < -0.4 is 4.74 Å². The first-order valence-electron chi connectivity index (χ1n) is 12.9. The van der Waals surface area contributed by atoms with Gasteiger partial charge in [-0.05, 0) is 80.0 Å². The van der Waals surface area contributed by atoms with Gasteiger partial charge in [-0.15, -0.1) is 5.10 Å². The number of rotatable bonds is 14. The van der Waals surface area contributed by atoms with E-state index in [-0.39, 0.29) is 13.2 Å². The number of hydrogen-bond donors (Lipinski definition) is 1. The van der Waals surface area contributed by atoms with Crippen LogP contribution in [-0.2, 0) is 32.2 Å². The van der Waals surface area contributed by atoms with Crippen LogP contribution in [0.1, 0.15) is 59.7 Å². The maximum Gasteiger partial charge on any atom is 0.416 e. The Morgan fingerprint density at radius 1 is 0.897 bits per heavy atom. The molecule has 0 bridgehead atoms. The number of aryl methyl sites for hydroxylation is 3. The van der Waals surface area contributed by atoms with Crippen LogP contribution in [0.3, 0.4) is 0 Å². The summed E-state index contributed by atoms with van der Waals surface area (Å²) >= 11 is 0. The van der Waals surface area contributed by atoms with E-state index in [1.807, 2.05) is 35.1 Å². The summed E-state index contributed by atoms with van der Waals surface area (Å²) in [4.78, 5) is 4.33. The fraction of sp³-hybridized carbons (Fsp3) is 0.345. The smallest absolute Gasteiger partial charge is 0.416 e. The molecule has 0 atom stereocenters. The topological polar surface area (TPSA) is 86.2 Å². The first kappa shape index (κ1) is 28.1. The van der Waals surface area contributed by atoms with Gasteiger partial charge in [0.25, 0.3) is 0 Å². The standard InChI is InChI=1S/C29H31F3N4O3/c30-29(31,32)24-12-7-23(8-13-24)11-16-28-33-26(21-39-28)20-38-27-14-9-22(10-15-27)5-1-3-17-36-19-25(34-35-36)6-2-4-18-37/h7-16,19,21,37H,1-6,17-18,20H2/b16-11+. The van der Waals surface area contributed by atoms with Crippen molar-refractivity contribution in [1.29, 1.82) is 0 Å². The van der Waals surface area contributed by atoms with Crippen molar-refractivity contribution in [3.63, 3.8) is 0 Å². The maximum atomic E-state index is 12.7. The minimum absolute atomic E-state index is 0.209. The van der Waals surface area contributed by atoms with Gasteiger partial charge in [-0.25, -0.2) is 4.98 Å². The van der Waals surface area contributed by atoms with Crippen molar-refractivity contribution in [2.45, 2.75) is 57.9 Å². The number of hydrogen-bond acceptors (Lipinski definition) is 6. The van der Waals surface area contributed by atoms with Gasteiger partial charge in [0, 0.05) is 25.4 Å². The molecule has 7 nitrogen and oxygen atoms in total. The predicted octanol–water partition coefficient (Wildman–Crippen LogP) is 6.37. The molecule has 0 fully saturated rings. The van der Waals surface area contributed by atoms with Gasteiger partial charge < -0.3 is 14.3 Å². The summed E-state index contributed by atoms with van der Waals surface area (Å²) in [5.74, 6) is 1.06. The van der Waals surface area contributed by atoms with E-state index in [4.69, 9.17) is 14.3 Å². The molecule has 0 aliphatic rings. The number of aliphatic hydroxyl groups excluding tert-OH is 1. The van der Waals surface area contributed by atoms with E-state index in [0.29, 0.717) is 17.1 Å². The predicted molar refractivity (Wildman–Crippen MR) is 141 cm³/mol. The Bertz CT molecular complexity index is 1310. The number of nitrogens with zero attached hydrogens (tertiary/aromatic N) is 4. The summed E-state index contributed by atoms with van der Waals surface area (Å²) in [5.41, 5.74) is 2.72. The highest BCUT2D eigenvalue weighted by atomic mass is 19.4. The Morgan fingerprint density at radius 2 is 1.67 bits per heavy atom. The van der Waals surface area contributed by atoms with Gasteiger partial charge in [0.15, 0.2) is 0 Å². The van der Waals surface area contributed by atoms with Crippen LogP contribution in [0.15, 0.2) is 65.4 Å². The number of halogens is 3. The van der Waals surface area contributed by atoms with E-state index < -0.39 is 11.7 Å². The molecule has 0 saturated heterocycles. The lowest BCUT2D eigenvalue weighted by Crippen LogP contribution is -2.03. The molecule has 0 radical (unpaired) electrons. The molecule has 0 aliphatic carbocycles. The van der Waals surface area contributed by atoms with Crippen molar-refractivity contribution in [2.24, 2.45) is 0 Å². The number of ether oxygens (including phenoxy) is 1. The largest absolute Gasteiger partial charge is 0.487 e. The quantitative estimate of drug-likeness (QED) is 0.187. The van der Waals surface area contributed by atoms with E-state index in [2.05, 4.69) is 15.3 Å². The van der Waals surface area contributed by atoms with E-state index in [1.165, 1.54) is 24.0 Å². The van der Waals surface area contributed by atoms with Crippen LogP contribution in [0.5, 0.6) is 5.75 Å². The van der Waals surface area contributed by atoms with Gasteiger partial charge in [-0.2, -0.15) is 13.2 Å². The monoisotopic (exact) mass is 540 g/mol. The van der Waals surface area contributed by atoms with Gasteiger partial charge in [-0.3, -0.25) is 4.68 Å². The highest BCUT2D eigenvalue weighted by Gasteiger charge is 2.29. The molecule has 206 valence electrons. The van der Waals surface area contributed by atoms with Gasteiger partial charge >= 0.3 is 6.18 Å². The highest BCUT2D eigenvalue weighted by molar-refractivity contribution is 5.66. The third kappa shape index (κ3) is 9.10. The molecule has 0 unspecified atom stereocenters. The third-order valence-electron chi connectivity index (χ3n) is 6.07. The molecule has 0 amide bonds. The first-order valence-corrected chi connectivity index (χ1v) is 12.9. The second-order valence-corrected chi connectivity index (χ2v) is 9.17. The number of aromatic nitrogens is 4. The van der Waals surface area contributed by atoms with Gasteiger partial charge in [0.2, 0.25) is 5.89 Å². The van der Waals surface area contributed by atoms with Crippen molar-refractivity contribution in [2.75, 3.05) is 6.61 Å². The summed E-state index contributed by atoms with van der Waals surface area (Å²) in [6, 6.07) is 12.8. The Balaban J connectivity index is 1.16. The number of benzene rings is 2. The Kier molecular flexibility index (Phi) is 9.91. The zero-order valence-electron chi connectivity index (χ0n) is 21.5. The summed E-state index contributed by atoms with van der Waals surface area (Å²) in [6.07, 6.45) is 7.89. The van der Waals surface area contributed by atoms with Crippen LogP contribution in [-0.4, -0.2) is 31.7 Å². The van der Waals surface area contributed by atoms with Crippen LogP contribution in [0, 0.1) is 0 Å². The van der Waals surface area contributed by atoms with E-state index >= 15 is 0 Å². The van der Waals surface area contributed by atoms with Crippen LogP contribution in [0.25, 0.3) is 12.2 Å². The Labute approximate surface area is 225 Å². The molecule has 0 saturated carbocycles. The SMILES string of the molecule is OCCCCc1cn(CCCCc2ccc(OCc3coc(/C=C/c4ccc(C(F)(F)F)cc4)n3)cc2)nn1. The normalized spacial score (nSPS) is 11.9. The fourth-order valence-electron chi connectivity index (χ4n) is 3.91. The minimum Gasteiger partial charge on any atom is -0.487 e.